The fourth-order valence-corrected chi connectivity index (χ4v) is 1.85. The quantitative estimate of drug-likeness (QED) is 0.870. The number of nitrogens with one attached hydrogen (secondary N) is 2. The van der Waals surface area contributed by atoms with Crippen LogP contribution in [0.25, 0.3) is 0 Å². The van der Waals surface area contributed by atoms with Crippen molar-refractivity contribution in [1.82, 2.24) is 9.97 Å². The zero-order valence-electron chi connectivity index (χ0n) is 11.4. The molecule has 2 rings (SSSR count). The van der Waals surface area contributed by atoms with Crippen molar-refractivity contribution in [1.29, 1.82) is 0 Å². The van der Waals surface area contributed by atoms with Gasteiger partial charge in [-0.3, -0.25) is 0 Å². The maximum Gasteiger partial charge on any atom is 0.224 e. The predicted molar refractivity (Wildman–Crippen MR) is 80.2 cm³/mol. The first-order chi connectivity index (χ1) is 9.58. The maximum absolute atomic E-state index is 13.7. The van der Waals surface area contributed by atoms with E-state index in [1.807, 2.05) is 6.92 Å². The molecule has 0 spiro atoms. The topological polar surface area (TPSA) is 49.8 Å². The molecule has 0 atom stereocenters. The SMILES string of the molecule is CCCNc1nc(C)cc(Nc2cc(Cl)ccc2F)n1. The van der Waals surface area contributed by atoms with E-state index in [1.54, 1.807) is 6.07 Å². The lowest BCUT2D eigenvalue weighted by Crippen LogP contribution is -2.07. The molecule has 0 fully saturated rings. The number of benzene rings is 1. The van der Waals surface area contributed by atoms with Gasteiger partial charge in [-0.25, -0.2) is 9.37 Å². The van der Waals surface area contributed by atoms with Crippen molar-refractivity contribution >= 4 is 29.1 Å². The van der Waals surface area contributed by atoms with Crippen molar-refractivity contribution in [2.24, 2.45) is 0 Å². The molecule has 0 saturated carbocycles. The minimum absolute atomic E-state index is 0.289. The van der Waals surface area contributed by atoms with Gasteiger partial charge in [-0.1, -0.05) is 18.5 Å². The van der Waals surface area contributed by atoms with E-state index in [9.17, 15) is 4.39 Å². The van der Waals surface area contributed by atoms with Crippen LogP contribution in [0.1, 0.15) is 19.0 Å². The van der Waals surface area contributed by atoms with Crippen LogP contribution in [0.2, 0.25) is 5.02 Å². The number of nitrogens with zero attached hydrogens (tertiary/aromatic N) is 2. The molecule has 0 aliphatic heterocycles. The molecule has 0 saturated heterocycles. The van der Waals surface area contributed by atoms with Gasteiger partial charge in [-0.2, -0.15) is 4.98 Å². The highest BCUT2D eigenvalue weighted by molar-refractivity contribution is 6.30. The Morgan fingerprint density at radius 3 is 2.80 bits per heavy atom. The molecule has 2 N–H and O–H groups in total. The number of anilines is 3. The molecule has 0 amide bonds. The molecule has 0 bridgehead atoms. The highest BCUT2D eigenvalue weighted by Crippen LogP contribution is 2.23. The van der Waals surface area contributed by atoms with Crippen LogP contribution in [0.15, 0.2) is 24.3 Å². The number of aryl methyl sites for hydroxylation is 1. The molecule has 106 valence electrons. The lowest BCUT2D eigenvalue weighted by atomic mass is 10.3. The van der Waals surface area contributed by atoms with Crippen molar-refractivity contribution in [3.8, 4) is 0 Å². The summed E-state index contributed by atoms with van der Waals surface area (Å²) in [5.41, 5.74) is 1.08. The summed E-state index contributed by atoms with van der Waals surface area (Å²) >= 11 is 5.86. The molecule has 1 aromatic carbocycles. The summed E-state index contributed by atoms with van der Waals surface area (Å²) in [5, 5.41) is 6.49. The summed E-state index contributed by atoms with van der Waals surface area (Å²) in [5.74, 6) is 0.669. The van der Waals surface area contributed by atoms with Gasteiger partial charge in [0.2, 0.25) is 5.95 Å². The third kappa shape index (κ3) is 3.81. The first kappa shape index (κ1) is 14.5. The van der Waals surface area contributed by atoms with Gasteiger partial charge in [0.05, 0.1) is 5.69 Å². The zero-order valence-corrected chi connectivity index (χ0v) is 12.1. The van der Waals surface area contributed by atoms with E-state index in [1.165, 1.54) is 18.2 Å². The fraction of sp³-hybridized carbons (Fsp3) is 0.286. The highest BCUT2D eigenvalue weighted by Gasteiger charge is 2.06. The molecule has 0 aliphatic carbocycles. The fourth-order valence-electron chi connectivity index (χ4n) is 1.68. The largest absolute Gasteiger partial charge is 0.354 e. The molecule has 1 heterocycles. The van der Waals surface area contributed by atoms with E-state index >= 15 is 0 Å². The second-order valence-electron chi connectivity index (χ2n) is 4.39. The first-order valence-electron chi connectivity index (χ1n) is 6.40. The molecular weight excluding hydrogens is 279 g/mol. The molecule has 6 heteroatoms. The summed E-state index contributed by atoms with van der Waals surface area (Å²) < 4.78 is 13.7. The first-order valence-corrected chi connectivity index (χ1v) is 6.78. The number of aromatic nitrogens is 2. The predicted octanol–water partition coefficient (Wildman–Crippen LogP) is 4.14. The van der Waals surface area contributed by atoms with Crippen molar-refractivity contribution in [2.45, 2.75) is 20.3 Å². The zero-order chi connectivity index (χ0) is 14.5. The van der Waals surface area contributed by atoms with Crippen molar-refractivity contribution in [2.75, 3.05) is 17.2 Å². The van der Waals surface area contributed by atoms with Crippen LogP contribution in [0.5, 0.6) is 0 Å². The molecule has 4 nitrogen and oxygen atoms in total. The van der Waals surface area contributed by atoms with E-state index in [0.29, 0.717) is 16.8 Å². The van der Waals surface area contributed by atoms with Crippen molar-refractivity contribution in [3.63, 3.8) is 0 Å². The van der Waals surface area contributed by atoms with Gasteiger partial charge < -0.3 is 10.6 Å². The van der Waals surface area contributed by atoms with Crippen LogP contribution in [-0.2, 0) is 0 Å². The minimum Gasteiger partial charge on any atom is -0.354 e. The number of hydrogen-bond acceptors (Lipinski definition) is 4. The maximum atomic E-state index is 13.7. The summed E-state index contributed by atoms with van der Waals surface area (Å²) in [6.45, 7) is 4.70. The summed E-state index contributed by atoms with van der Waals surface area (Å²) in [6, 6.07) is 6.08. The molecule has 0 radical (unpaired) electrons. The number of halogens is 2. The van der Waals surface area contributed by atoms with Crippen LogP contribution in [0, 0.1) is 12.7 Å². The second kappa shape index (κ2) is 6.52. The molecule has 1 aromatic heterocycles. The third-order valence-electron chi connectivity index (χ3n) is 2.58. The van der Waals surface area contributed by atoms with Gasteiger partial charge in [-0.15, -0.1) is 0 Å². The minimum atomic E-state index is -0.381. The van der Waals surface area contributed by atoms with Crippen LogP contribution in [0.4, 0.5) is 21.8 Å². The summed E-state index contributed by atoms with van der Waals surface area (Å²) in [7, 11) is 0. The molecule has 20 heavy (non-hydrogen) atoms. The second-order valence-corrected chi connectivity index (χ2v) is 4.83. The van der Waals surface area contributed by atoms with Gasteiger partial charge in [0.1, 0.15) is 11.6 Å². The molecular formula is C14H16ClFN4. The van der Waals surface area contributed by atoms with Crippen molar-refractivity contribution in [3.05, 3.63) is 40.8 Å². The van der Waals surface area contributed by atoms with Gasteiger partial charge >= 0.3 is 0 Å². The Balaban J connectivity index is 2.24. The lowest BCUT2D eigenvalue weighted by molar-refractivity contribution is 0.632. The monoisotopic (exact) mass is 294 g/mol. The Hall–Kier alpha value is -1.88. The van der Waals surface area contributed by atoms with Crippen LogP contribution < -0.4 is 10.6 Å². The highest BCUT2D eigenvalue weighted by atomic mass is 35.5. The van der Waals surface area contributed by atoms with Gasteiger partial charge in [-0.05, 0) is 31.5 Å². The molecule has 0 unspecified atom stereocenters. The van der Waals surface area contributed by atoms with E-state index in [-0.39, 0.29) is 11.5 Å². The Labute approximate surface area is 122 Å². The van der Waals surface area contributed by atoms with Crippen molar-refractivity contribution < 1.29 is 4.39 Å². The van der Waals surface area contributed by atoms with E-state index in [0.717, 1.165) is 18.7 Å². The summed E-state index contributed by atoms with van der Waals surface area (Å²) in [6.07, 6.45) is 0.975. The number of rotatable bonds is 5. The third-order valence-corrected chi connectivity index (χ3v) is 2.81. The smallest absolute Gasteiger partial charge is 0.224 e. The Morgan fingerprint density at radius 2 is 2.05 bits per heavy atom. The summed E-state index contributed by atoms with van der Waals surface area (Å²) in [4.78, 5) is 8.56. The van der Waals surface area contributed by atoms with Gasteiger partial charge in [0.25, 0.3) is 0 Å². The molecule has 2 aromatic rings. The average Bonchev–Trinajstić information content (AvgIpc) is 2.40. The van der Waals surface area contributed by atoms with Gasteiger partial charge in [0.15, 0.2) is 0 Å². The standard InChI is InChI=1S/C14H16ClFN4/c1-3-6-17-14-18-9(2)7-13(20-14)19-12-8-10(15)4-5-11(12)16/h4-5,7-8H,3,6H2,1-2H3,(H2,17,18,19,20). The van der Waals surface area contributed by atoms with E-state index in [2.05, 4.69) is 27.5 Å². The lowest BCUT2D eigenvalue weighted by Gasteiger charge is -2.10. The van der Waals surface area contributed by atoms with E-state index < -0.39 is 0 Å². The normalized spacial score (nSPS) is 10.4. The average molecular weight is 295 g/mol. The van der Waals surface area contributed by atoms with Crippen LogP contribution in [0.3, 0.4) is 0 Å². The Bertz CT molecular complexity index is 604. The van der Waals surface area contributed by atoms with Gasteiger partial charge in [0, 0.05) is 23.3 Å². The van der Waals surface area contributed by atoms with Crippen LogP contribution >= 0.6 is 11.6 Å². The molecule has 0 aliphatic rings. The number of hydrogen-bond donors (Lipinski definition) is 2. The Kier molecular flexibility index (Phi) is 4.74. The van der Waals surface area contributed by atoms with E-state index in [4.69, 9.17) is 11.6 Å². The van der Waals surface area contributed by atoms with Crippen LogP contribution in [-0.4, -0.2) is 16.5 Å². The Morgan fingerprint density at radius 1 is 1.25 bits per heavy atom.